The molecule has 0 spiro atoms. The van der Waals surface area contributed by atoms with Crippen LogP contribution in [0, 0.1) is 13.8 Å². The molecule has 0 saturated carbocycles. The van der Waals surface area contributed by atoms with E-state index in [1.165, 1.54) is 13.3 Å². The fraction of sp³-hybridized carbons (Fsp3) is 0.308. The highest BCUT2D eigenvalue weighted by molar-refractivity contribution is 7.89. The van der Waals surface area contributed by atoms with Gasteiger partial charge in [-0.25, -0.2) is 18.1 Å². The maximum Gasteiger partial charge on any atom is 0.244 e. The summed E-state index contributed by atoms with van der Waals surface area (Å²) >= 11 is 0. The molecule has 1 N–H and O–H groups in total. The van der Waals surface area contributed by atoms with Gasteiger partial charge in [0.15, 0.2) is 0 Å². The summed E-state index contributed by atoms with van der Waals surface area (Å²) in [4.78, 5) is 4.05. The van der Waals surface area contributed by atoms with Crippen LogP contribution in [0.4, 0.5) is 0 Å². The third kappa shape index (κ3) is 3.17. The molecule has 6 nitrogen and oxygen atoms in total. The number of hydrogen-bond acceptors (Lipinski definition) is 5. The van der Waals surface area contributed by atoms with Gasteiger partial charge in [-0.15, -0.1) is 0 Å². The molecule has 0 unspecified atom stereocenters. The quantitative estimate of drug-likeness (QED) is 0.909. The van der Waals surface area contributed by atoms with Gasteiger partial charge in [0, 0.05) is 0 Å². The Kier molecular flexibility index (Phi) is 4.10. The lowest BCUT2D eigenvalue weighted by Crippen LogP contribution is -2.24. The second kappa shape index (κ2) is 5.64. The monoisotopic (exact) mass is 296 g/mol. The molecule has 2 aromatic rings. The smallest absolute Gasteiger partial charge is 0.244 e. The van der Waals surface area contributed by atoms with Crippen molar-refractivity contribution in [3.8, 4) is 5.75 Å². The maximum absolute atomic E-state index is 12.3. The lowest BCUT2D eigenvalue weighted by molar-refractivity contribution is 0.401. The van der Waals surface area contributed by atoms with Crippen LogP contribution in [0.15, 0.2) is 33.7 Å². The highest BCUT2D eigenvalue weighted by Gasteiger charge is 2.20. The highest BCUT2D eigenvalue weighted by atomic mass is 32.2. The molecule has 7 heteroatoms. The first-order chi connectivity index (χ1) is 9.42. The Morgan fingerprint density at radius 3 is 2.70 bits per heavy atom. The van der Waals surface area contributed by atoms with Gasteiger partial charge in [-0.2, -0.15) is 0 Å². The molecule has 0 atom stereocenters. The fourth-order valence-corrected chi connectivity index (χ4v) is 2.94. The number of nitrogens with one attached hydrogen (secondary N) is 1. The molecule has 108 valence electrons. The number of oxazole rings is 1. The van der Waals surface area contributed by atoms with Crippen molar-refractivity contribution in [2.45, 2.75) is 25.3 Å². The minimum atomic E-state index is -3.69. The van der Waals surface area contributed by atoms with Gasteiger partial charge in [0.25, 0.3) is 0 Å². The number of hydrogen-bond donors (Lipinski definition) is 1. The first kappa shape index (κ1) is 14.5. The zero-order valence-corrected chi connectivity index (χ0v) is 12.3. The van der Waals surface area contributed by atoms with E-state index in [1.54, 1.807) is 25.1 Å². The zero-order valence-electron chi connectivity index (χ0n) is 11.5. The number of aryl methyl sites for hydroxylation is 2. The van der Waals surface area contributed by atoms with Gasteiger partial charge in [-0.3, -0.25) is 0 Å². The number of nitrogens with zero attached hydrogens (tertiary/aromatic N) is 1. The second-order valence-corrected chi connectivity index (χ2v) is 6.08. The summed E-state index contributed by atoms with van der Waals surface area (Å²) in [5.74, 6) is 1.25. The van der Waals surface area contributed by atoms with Crippen molar-refractivity contribution in [1.29, 1.82) is 0 Å². The van der Waals surface area contributed by atoms with Crippen molar-refractivity contribution in [3.63, 3.8) is 0 Å². The van der Waals surface area contributed by atoms with Crippen molar-refractivity contribution in [1.82, 2.24) is 9.71 Å². The molecule has 0 saturated heterocycles. The molecular formula is C13H16N2O4S. The highest BCUT2D eigenvalue weighted by Crippen LogP contribution is 2.24. The Morgan fingerprint density at radius 1 is 1.35 bits per heavy atom. The van der Waals surface area contributed by atoms with Gasteiger partial charge < -0.3 is 9.15 Å². The number of rotatable bonds is 5. The minimum absolute atomic E-state index is 0.00668. The van der Waals surface area contributed by atoms with Gasteiger partial charge in [-0.1, -0.05) is 6.07 Å². The molecule has 1 aromatic carbocycles. The maximum atomic E-state index is 12.3. The van der Waals surface area contributed by atoms with Crippen LogP contribution in [0.3, 0.4) is 0 Å². The molecule has 0 aliphatic heterocycles. The van der Waals surface area contributed by atoms with E-state index in [0.29, 0.717) is 17.4 Å². The molecule has 0 radical (unpaired) electrons. The predicted molar refractivity (Wildman–Crippen MR) is 73.0 cm³/mol. The lowest BCUT2D eigenvalue weighted by atomic mass is 10.2. The van der Waals surface area contributed by atoms with Gasteiger partial charge >= 0.3 is 0 Å². The third-order valence-electron chi connectivity index (χ3n) is 2.69. The molecular weight excluding hydrogens is 280 g/mol. The average molecular weight is 296 g/mol. The Hall–Kier alpha value is -1.86. The van der Waals surface area contributed by atoms with E-state index < -0.39 is 10.0 Å². The molecule has 0 aliphatic carbocycles. The van der Waals surface area contributed by atoms with Crippen LogP contribution >= 0.6 is 0 Å². The molecule has 0 amide bonds. The zero-order chi connectivity index (χ0) is 14.8. The average Bonchev–Trinajstić information content (AvgIpc) is 2.82. The third-order valence-corrected chi connectivity index (χ3v) is 4.11. The first-order valence-corrected chi connectivity index (χ1v) is 7.46. The number of sulfonamides is 1. The summed E-state index contributed by atoms with van der Waals surface area (Å²) < 4.78 is 37.3. The lowest BCUT2D eigenvalue weighted by Gasteiger charge is -2.10. The standard InChI is InChI=1S/C13H16N2O4S/c1-9-4-5-11(18-3)12(6-9)20(16,17)15-8-13-14-7-10(2)19-13/h4-7,15H,8H2,1-3H3. The van der Waals surface area contributed by atoms with Crippen molar-refractivity contribution in [2.75, 3.05) is 7.11 Å². The Balaban J connectivity index is 2.24. The molecule has 1 aromatic heterocycles. The number of aromatic nitrogens is 1. The van der Waals surface area contributed by atoms with Crippen LogP contribution in [-0.4, -0.2) is 20.5 Å². The van der Waals surface area contributed by atoms with E-state index in [1.807, 2.05) is 6.92 Å². The second-order valence-electron chi connectivity index (χ2n) is 4.34. The van der Waals surface area contributed by atoms with E-state index in [9.17, 15) is 8.42 Å². The van der Waals surface area contributed by atoms with Crippen LogP contribution in [0.2, 0.25) is 0 Å². The Labute approximate surface area is 117 Å². The van der Waals surface area contributed by atoms with Crippen molar-refractivity contribution < 1.29 is 17.6 Å². The van der Waals surface area contributed by atoms with E-state index in [2.05, 4.69) is 9.71 Å². The van der Waals surface area contributed by atoms with Gasteiger partial charge in [-0.05, 0) is 31.5 Å². The van der Waals surface area contributed by atoms with Crippen LogP contribution in [0.1, 0.15) is 17.2 Å². The summed E-state index contributed by atoms with van der Waals surface area (Å²) in [6, 6.07) is 4.97. The number of benzene rings is 1. The molecule has 1 heterocycles. The number of ether oxygens (including phenoxy) is 1. The molecule has 0 bridgehead atoms. The molecule has 20 heavy (non-hydrogen) atoms. The summed E-state index contributed by atoms with van der Waals surface area (Å²) in [5.41, 5.74) is 0.832. The van der Waals surface area contributed by atoms with Crippen molar-refractivity contribution >= 4 is 10.0 Å². The van der Waals surface area contributed by atoms with E-state index in [0.717, 1.165) is 5.56 Å². The summed E-state index contributed by atoms with van der Waals surface area (Å²) in [6.45, 7) is 3.55. The molecule has 0 aliphatic rings. The van der Waals surface area contributed by atoms with Gasteiger partial charge in [0.1, 0.15) is 16.4 Å². The van der Waals surface area contributed by atoms with Crippen molar-refractivity contribution in [2.24, 2.45) is 0 Å². The van der Waals surface area contributed by atoms with Crippen LogP contribution in [-0.2, 0) is 16.6 Å². The predicted octanol–water partition coefficient (Wildman–Crippen LogP) is 1.78. The van der Waals surface area contributed by atoms with E-state index >= 15 is 0 Å². The molecule has 2 rings (SSSR count). The van der Waals surface area contributed by atoms with Crippen LogP contribution in [0.25, 0.3) is 0 Å². The molecule has 0 fully saturated rings. The first-order valence-electron chi connectivity index (χ1n) is 5.98. The van der Waals surface area contributed by atoms with Gasteiger partial charge in [0.05, 0.1) is 19.9 Å². The van der Waals surface area contributed by atoms with Gasteiger partial charge in [0.2, 0.25) is 15.9 Å². The normalized spacial score (nSPS) is 11.6. The van der Waals surface area contributed by atoms with Crippen molar-refractivity contribution in [3.05, 3.63) is 41.6 Å². The topological polar surface area (TPSA) is 81.4 Å². The number of methoxy groups -OCH3 is 1. The summed E-state index contributed by atoms with van der Waals surface area (Å²) in [5, 5.41) is 0. The summed E-state index contributed by atoms with van der Waals surface area (Å²) in [6.07, 6.45) is 1.54. The fourth-order valence-electron chi connectivity index (χ4n) is 1.71. The van der Waals surface area contributed by atoms with E-state index in [-0.39, 0.29) is 11.4 Å². The summed E-state index contributed by atoms with van der Waals surface area (Å²) in [7, 11) is -2.26. The Bertz CT molecular complexity index is 707. The SMILES string of the molecule is COc1ccc(C)cc1S(=O)(=O)NCc1ncc(C)o1. The minimum Gasteiger partial charge on any atom is -0.495 e. The van der Waals surface area contributed by atoms with Crippen LogP contribution in [0.5, 0.6) is 5.75 Å². The largest absolute Gasteiger partial charge is 0.495 e. The van der Waals surface area contributed by atoms with E-state index in [4.69, 9.17) is 9.15 Å². The Morgan fingerprint density at radius 2 is 2.10 bits per heavy atom. The van der Waals surface area contributed by atoms with Crippen LogP contribution < -0.4 is 9.46 Å².